The Kier molecular flexibility index (Phi) is 2.76. The molecule has 17 heavy (non-hydrogen) atoms. The minimum atomic E-state index is -1.95. The predicted molar refractivity (Wildman–Crippen MR) is 64.3 cm³/mol. The van der Waals surface area contributed by atoms with Crippen molar-refractivity contribution in [3.63, 3.8) is 0 Å². The van der Waals surface area contributed by atoms with Crippen LogP contribution in [-0.4, -0.2) is 26.4 Å². The highest BCUT2D eigenvalue weighted by Gasteiger charge is 2.30. The molecule has 2 aromatic rings. The Labute approximate surface area is 101 Å². The SMILES string of the molecule is C[C@](O)(Cn1ccc2sccc2c1=O)C(=O)O. The van der Waals surface area contributed by atoms with Crippen LogP contribution in [0.3, 0.4) is 0 Å². The lowest BCUT2D eigenvalue weighted by molar-refractivity contribution is -0.157. The van der Waals surface area contributed by atoms with Crippen molar-refractivity contribution in [2.75, 3.05) is 0 Å². The first-order chi connectivity index (χ1) is 7.92. The van der Waals surface area contributed by atoms with Crippen LogP contribution in [0.2, 0.25) is 0 Å². The predicted octanol–water partition coefficient (Wildman–Crippen LogP) is 0.899. The Bertz CT molecular complexity index is 626. The number of pyridine rings is 1. The van der Waals surface area contributed by atoms with Gasteiger partial charge in [0.1, 0.15) is 0 Å². The average molecular weight is 253 g/mol. The monoisotopic (exact) mass is 253 g/mol. The molecule has 2 aromatic heterocycles. The van der Waals surface area contributed by atoms with Gasteiger partial charge in [0.2, 0.25) is 0 Å². The highest BCUT2D eigenvalue weighted by atomic mass is 32.1. The zero-order chi connectivity index (χ0) is 12.6. The van der Waals surface area contributed by atoms with E-state index < -0.39 is 11.6 Å². The molecular weight excluding hydrogens is 242 g/mol. The van der Waals surface area contributed by atoms with Gasteiger partial charge in [0.15, 0.2) is 5.60 Å². The molecule has 6 heteroatoms. The quantitative estimate of drug-likeness (QED) is 0.851. The van der Waals surface area contributed by atoms with Crippen LogP contribution >= 0.6 is 11.3 Å². The zero-order valence-electron chi connectivity index (χ0n) is 9.08. The van der Waals surface area contributed by atoms with Gasteiger partial charge < -0.3 is 14.8 Å². The van der Waals surface area contributed by atoms with E-state index in [0.29, 0.717) is 5.39 Å². The van der Waals surface area contributed by atoms with E-state index in [2.05, 4.69) is 0 Å². The highest BCUT2D eigenvalue weighted by Crippen LogP contribution is 2.17. The number of carboxylic acids is 1. The summed E-state index contributed by atoms with van der Waals surface area (Å²) in [6, 6.07) is 3.42. The van der Waals surface area contributed by atoms with Crippen LogP contribution in [0.25, 0.3) is 10.1 Å². The van der Waals surface area contributed by atoms with Gasteiger partial charge in [-0.25, -0.2) is 4.79 Å². The van der Waals surface area contributed by atoms with Crippen LogP contribution in [0.5, 0.6) is 0 Å². The molecule has 0 aliphatic heterocycles. The van der Waals surface area contributed by atoms with Crippen LogP contribution in [-0.2, 0) is 11.3 Å². The van der Waals surface area contributed by atoms with Gasteiger partial charge in [-0.15, -0.1) is 11.3 Å². The summed E-state index contributed by atoms with van der Waals surface area (Å²) in [5, 5.41) is 20.8. The lowest BCUT2D eigenvalue weighted by Crippen LogP contribution is -2.42. The summed E-state index contributed by atoms with van der Waals surface area (Å²) in [7, 11) is 0. The maximum absolute atomic E-state index is 12.0. The van der Waals surface area contributed by atoms with E-state index in [-0.39, 0.29) is 12.1 Å². The molecule has 0 unspecified atom stereocenters. The van der Waals surface area contributed by atoms with Gasteiger partial charge in [-0.3, -0.25) is 4.79 Å². The van der Waals surface area contributed by atoms with Crippen molar-refractivity contribution in [1.82, 2.24) is 4.57 Å². The first kappa shape index (κ1) is 11.8. The summed E-state index contributed by atoms with van der Waals surface area (Å²) in [5.74, 6) is -1.35. The van der Waals surface area contributed by atoms with Crippen LogP contribution < -0.4 is 5.56 Å². The average Bonchev–Trinajstić information content (AvgIpc) is 2.70. The fourth-order valence-corrected chi connectivity index (χ4v) is 2.30. The minimum absolute atomic E-state index is 0.271. The summed E-state index contributed by atoms with van der Waals surface area (Å²) >= 11 is 1.44. The molecule has 0 fully saturated rings. The third-order valence-electron chi connectivity index (χ3n) is 2.53. The number of hydrogen-bond acceptors (Lipinski definition) is 4. The van der Waals surface area contributed by atoms with Gasteiger partial charge >= 0.3 is 5.97 Å². The number of thiophene rings is 1. The summed E-state index contributed by atoms with van der Waals surface area (Å²) in [5.41, 5.74) is -2.24. The molecule has 0 aliphatic carbocycles. The molecule has 0 aromatic carbocycles. The lowest BCUT2D eigenvalue weighted by Gasteiger charge is -2.18. The first-order valence-corrected chi connectivity index (χ1v) is 5.82. The van der Waals surface area contributed by atoms with Gasteiger partial charge in [-0.1, -0.05) is 0 Å². The number of carboxylic acid groups (broad SMARTS) is 1. The maximum atomic E-state index is 12.0. The van der Waals surface area contributed by atoms with Gasteiger partial charge in [0.25, 0.3) is 5.56 Å². The molecule has 0 saturated carbocycles. The van der Waals surface area contributed by atoms with Gasteiger partial charge in [0, 0.05) is 10.9 Å². The minimum Gasteiger partial charge on any atom is -0.479 e. The number of carbonyl (C=O) groups is 1. The van der Waals surface area contributed by atoms with E-state index in [1.165, 1.54) is 29.0 Å². The zero-order valence-corrected chi connectivity index (χ0v) is 9.90. The standard InChI is InChI=1S/C11H11NO4S/c1-11(16,10(14)15)6-12-4-2-8-7(9(12)13)3-5-17-8/h2-5,16H,6H2,1H3,(H,14,15)/t11-/m0/s1. The molecule has 2 rings (SSSR count). The Hall–Kier alpha value is -1.66. The fourth-order valence-electron chi connectivity index (χ4n) is 1.53. The smallest absolute Gasteiger partial charge is 0.337 e. The van der Waals surface area contributed by atoms with E-state index in [9.17, 15) is 14.7 Å². The second-order valence-electron chi connectivity index (χ2n) is 4.03. The molecule has 1 atom stereocenters. The van der Waals surface area contributed by atoms with Crippen LogP contribution in [0.15, 0.2) is 28.5 Å². The van der Waals surface area contributed by atoms with E-state index in [4.69, 9.17) is 5.11 Å². The summed E-state index contributed by atoms with van der Waals surface area (Å²) in [4.78, 5) is 22.7. The second-order valence-corrected chi connectivity index (χ2v) is 4.97. The van der Waals surface area contributed by atoms with Gasteiger partial charge in [0.05, 0.1) is 11.9 Å². The molecule has 0 radical (unpaired) electrons. The number of hydrogen-bond donors (Lipinski definition) is 2. The summed E-state index contributed by atoms with van der Waals surface area (Å²) in [6.07, 6.45) is 1.50. The molecule has 0 saturated heterocycles. The van der Waals surface area contributed by atoms with Crippen LogP contribution in [0.4, 0.5) is 0 Å². The van der Waals surface area contributed by atoms with Crippen molar-refractivity contribution < 1.29 is 15.0 Å². The van der Waals surface area contributed by atoms with Crippen LogP contribution in [0.1, 0.15) is 6.92 Å². The summed E-state index contributed by atoms with van der Waals surface area (Å²) < 4.78 is 2.06. The van der Waals surface area contributed by atoms with E-state index in [1.807, 2.05) is 0 Å². The Morgan fingerprint density at radius 1 is 1.53 bits per heavy atom. The number of aliphatic carboxylic acids is 1. The molecule has 2 heterocycles. The number of fused-ring (bicyclic) bond motifs is 1. The Morgan fingerprint density at radius 2 is 2.24 bits per heavy atom. The molecule has 0 amide bonds. The number of rotatable bonds is 3. The fraction of sp³-hybridized carbons (Fsp3) is 0.273. The molecule has 90 valence electrons. The third kappa shape index (κ3) is 2.09. The molecule has 0 aliphatic rings. The van der Waals surface area contributed by atoms with Crippen molar-refractivity contribution in [2.24, 2.45) is 0 Å². The third-order valence-corrected chi connectivity index (χ3v) is 3.41. The molecule has 0 spiro atoms. The maximum Gasteiger partial charge on any atom is 0.337 e. The lowest BCUT2D eigenvalue weighted by atomic mass is 10.1. The second kappa shape index (κ2) is 3.97. The molecular formula is C11H11NO4S. The Balaban J connectivity index is 2.47. The highest BCUT2D eigenvalue weighted by molar-refractivity contribution is 7.17. The number of nitrogens with zero attached hydrogens (tertiary/aromatic N) is 1. The van der Waals surface area contributed by atoms with Crippen molar-refractivity contribution in [3.8, 4) is 0 Å². The van der Waals surface area contributed by atoms with Crippen LogP contribution in [0, 0.1) is 0 Å². The first-order valence-electron chi connectivity index (χ1n) is 4.94. The van der Waals surface area contributed by atoms with Crippen molar-refractivity contribution in [2.45, 2.75) is 19.1 Å². The summed E-state index contributed by atoms with van der Waals surface area (Å²) in [6.45, 7) is 0.895. The van der Waals surface area contributed by atoms with E-state index >= 15 is 0 Å². The van der Waals surface area contributed by atoms with E-state index in [1.54, 1.807) is 17.5 Å². The van der Waals surface area contributed by atoms with Gasteiger partial charge in [-0.2, -0.15) is 0 Å². The Morgan fingerprint density at radius 3 is 2.88 bits per heavy atom. The largest absolute Gasteiger partial charge is 0.479 e. The number of aliphatic hydroxyl groups is 1. The van der Waals surface area contributed by atoms with Gasteiger partial charge in [-0.05, 0) is 24.4 Å². The normalized spacial score (nSPS) is 14.7. The van der Waals surface area contributed by atoms with Crippen molar-refractivity contribution in [3.05, 3.63) is 34.1 Å². The topological polar surface area (TPSA) is 79.5 Å². The number of aromatic nitrogens is 1. The van der Waals surface area contributed by atoms with Crippen molar-refractivity contribution in [1.29, 1.82) is 0 Å². The molecule has 2 N–H and O–H groups in total. The van der Waals surface area contributed by atoms with E-state index in [0.717, 1.165) is 4.70 Å². The molecule has 0 bridgehead atoms. The molecule has 5 nitrogen and oxygen atoms in total. The van der Waals surface area contributed by atoms with Crippen molar-refractivity contribution >= 4 is 27.4 Å².